The average Bonchev–Trinajstić information content (AvgIpc) is 3.32. The number of carbonyl (C=O) groups excluding carboxylic acids is 5. The van der Waals surface area contributed by atoms with Crippen molar-refractivity contribution in [2.24, 2.45) is 41.4 Å². The number of hydrogen-bond acceptors (Lipinski definition) is 13. The van der Waals surface area contributed by atoms with Gasteiger partial charge in [0.2, 0.25) is 5.79 Å². The SMILES string of the molecule is CO[C@H]1C[C@@H]2CC[C@@H](C)[C@@](O)(O2)C(=O)C(=O)N2CCCC[C@H]2C(=O)O[C@H]([C@H](C)C[C@@H]2CC[C@@H](OCCO)[C@H](OC)C2)CC(=O)[C@H](C)/C=C(\C)[C@@H](C)[C@@H](OC)C(=O)[C@H](C)C[C@H](C)/C=C/C=CC=C1C. The van der Waals surface area contributed by atoms with E-state index in [1.165, 1.54) is 12.0 Å². The van der Waals surface area contributed by atoms with Crippen molar-refractivity contribution >= 4 is 29.2 Å². The Bertz CT molecular complexity index is 1810. The smallest absolute Gasteiger partial charge is 0.329 e. The molecule has 4 rings (SSSR count). The predicted octanol–water partition coefficient (Wildman–Crippen LogP) is 7.47. The molecular weight excluding hydrogens is 871 g/mol. The maximum atomic E-state index is 14.5. The lowest BCUT2D eigenvalue weighted by atomic mass is 9.78. The number of piperidine rings is 1. The highest BCUT2D eigenvalue weighted by atomic mass is 16.6. The fourth-order valence-electron chi connectivity index (χ4n) is 10.7. The van der Waals surface area contributed by atoms with E-state index >= 15 is 0 Å². The van der Waals surface area contributed by atoms with Gasteiger partial charge in [0.15, 0.2) is 5.78 Å². The molecule has 0 unspecified atom stereocenters. The van der Waals surface area contributed by atoms with Gasteiger partial charge in [0.05, 0.1) is 37.6 Å². The molecule has 0 spiro atoms. The van der Waals surface area contributed by atoms with Gasteiger partial charge in [0, 0.05) is 64.4 Å². The van der Waals surface area contributed by atoms with Crippen LogP contribution in [0.1, 0.15) is 132 Å². The number of nitrogens with zero attached hydrogens (tertiary/aromatic N) is 1. The number of carbonyl (C=O) groups is 5. The molecule has 0 aromatic rings. The molecule has 2 N–H and O–H groups in total. The molecule has 14 heteroatoms. The summed E-state index contributed by atoms with van der Waals surface area (Å²) in [5.74, 6) is -7.32. The van der Waals surface area contributed by atoms with E-state index in [9.17, 15) is 34.2 Å². The molecule has 0 aromatic heterocycles. The second-order valence-corrected chi connectivity index (χ2v) is 20.5. The Hall–Kier alpha value is -3.37. The first-order valence-electron chi connectivity index (χ1n) is 25.3. The van der Waals surface area contributed by atoms with E-state index in [-0.39, 0.29) is 86.0 Å². The summed E-state index contributed by atoms with van der Waals surface area (Å²) in [4.78, 5) is 72.5. The molecule has 15 atom stereocenters. The average molecular weight is 956 g/mol. The van der Waals surface area contributed by atoms with Crippen LogP contribution in [0.4, 0.5) is 0 Å². The number of aliphatic hydroxyl groups is 2. The van der Waals surface area contributed by atoms with Gasteiger partial charge in [-0.3, -0.25) is 19.2 Å². The molecule has 1 amide bonds. The van der Waals surface area contributed by atoms with Crippen molar-refractivity contribution in [2.75, 3.05) is 41.1 Å². The Morgan fingerprint density at radius 2 is 1.57 bits per heavy atom. The van der Waals surface area contributed by atoms with Crippen molar-refractivity contribution in [3.8, 4) is 0 Å². The van der Waals surface area contributed by atoms with Crippen LogP contribution in [0.25, 0.3) is 0 Å². The van der Waals surface area contributed by atoms with Crippen molar-refractivity contribution in [3.05, 3.63) is 47.6 Å². The number of rotatable bonds is 9. The minimum absolute atomic E-state index is 0.00654. The van der Waals surface area contributed by atoms with Gasteiger partial charge in [-0.1, -0.05) is 83.6 Å². The Kier molecular flexibility index (Phi) is 23.0. The van der Waals surface area contributed by atoms with Crippen LogP contribution in [0.2, 0.25) is 0 Å². The quantitative estimate of drug-likeness (QED) is 0.132. The first-order valence-corrected chi connectivity index (χ1v) is 25.3. The van der Waals surface area contributed by atoms with Gasteiger partial charge in [-0.05, 0) is 101 Å². The number of cyclic esters (lactones) is 1. The number of esters is 1. The molecule has 0 radical (unpaired) electrons. The van der Waals surface area contributed by atoms with Crippen LogP contribution in [0, 0.1) is 41.4 Å². The molecule has 1 aliphatic carbocycles. The Morgan fingerprint density at radius 1 is 0.838 bits per heavy atom. The number of methoxy groups -OCH3 is 3. The number of Topliss-reactive ketones (excluding diaryl/α,β-unsaturated/α-hetero) is 3. The van der Waals surface area contributed by atoms with Gasteiger partial charge in [-0.2, -0.15) is 0 Å². The van der Waals surface area contributed by atoms with Crippen LogP contribution in [0.5, 0.6) is 0 Å². The Labute approximate surface area is 406 Å². The Morgan fingerprint density at radius 3 is 2.25 bits per heavy atom. The molecule has 14 nitrogen and oxygen atoms in total. The van der Waals surface area contributed by atoms with E-state index in [1.807, 2.05) is 65.0 Å². The van der Waals surface area contributed by atoms with E-state index < -0.39 is 65.7 Å². The van der Waals surface area contributed by atoms with Crippen LogP contribution in [-0.2, 0) is 52.4 Å². The number of fused-ring (bicyclic) bond motifs is 3. The van der Waals surface area contributed by atoms with Crippen molar-refractivity contribution in [2.45, 2.75) is 181 Å². The van der Waals surface area contributed by atoms with Gasteiger partial charge in [-0.15, -0.1) is 0 Å². The lowest BCUT2D eigenvalue weighted by Crippen LogP contribution is -2.61. The standard InChI is InChI=1S/C54H85NO13/c1-33-17-13-12-14-18-34(2)46(63-9)31-42-22-20-39(7)54(62,68-42)51(59)52(60)55-24-16-15-19-43(55)53(61)67-47(37(5)29-41-21-23-45(66-26-25-56)48(30-41)64-10)32-44(57)36(4)28-35(3)40(8)50(65-11)49(58)38(6)27-33/h12-14,17-18,28,33,36-43,45-48,50,56,62H,15-16,19-27,29-32H2,1-11H3/b14-12?,17-13+,34-18?,35-28+/t33-,36-,37-,38-,39-,40-,41+,42+,43+,45-,46+,47+,48-,50-,54-/m1/s1. The van der Waals surface area contributed by atoms with Gasteiger partial charge < -0.3 is 43.5 Å². The van der Waals surface area contributed by atoms with E-state index in [0.29, 0.717) is 51.4 Å². The molecule has 2 saturated heterocycles. The summed E-state index contributed by atoms with van der Waals surface area (Å²) in [5, 5.41) is 21.3. The van der Waals surface area contributed by atoms with E-state index in [0.717, 1.165) is 24.0 Å². The lowest BCUT2D eigenvalue weighted by molar-refractivity contribution is -0.265. The summed E-state index contributed by atoms with van der Waals surface area (Å²) < 4.78 is 35.9. The van der Waals surface area contributed by atoms with Crippen LogP contribution in [-0.4, -0.2) is 134 Å². The van der Waals surface area contributed by atoms with Crippen LogP contribution in [0.15, 0.2) is 47.6 Å². The van der Waals surface area contributed by atoms with Crippen LogP contribution in [0.3, 0.4) is 0 Å². The summed E-state index contributed by atoms with van der Waals surface area (Å²) in [6, 6.07) is -1.11. The Balaban J connectivity index is 1.70. The molecule has 3 fully saturated rings. The van der Waals surface area contributed by atoms with Gasteiger partial charge in [-0.25, -0.2) is 4.79 Å². The highest BCUT2D eigenvalue weighted by Gasteiger charge is 2.53. The lowest BCUT2D eigenvalue weighted by Gasteiger charge is -2.42. The number of aliphatic hydroxyl groups excluding tert-OH is 1. The highest BCUT2D eigenvalue weighted by molar-refractivity contribution is 6.39. The number of allylic oxidation sites excluding steroid dienone is 6. The van der Waals surface area contributed by atoms with Crippen molar-refractivity contribution < 1.29 is 62.6 Å². The molecule has 3 heterocycles. The summed E-state index contributed by atoms with van der Waals surface area (Å²) in [5.41, 5.74) is 1.73. The number of ether oxygens (including phenoxy) is 6. The first-order chi connectivity index (χ1) is 32.3. The third-order valence-corrected chi connectivity index (χ3v) is 15.3. The number of ketones is 3. The molecule has 68 heavy (non-hydrogen) atoms. The summed E-state index contributed by atoms with van der Waals surface area (Å²) >= 11 is 0. The topological polar surface area (TPSA) is 184 Å². The van der Waals surface area contributed by atoms with Gasteiger partial charge in [0.25, 0.3) is 11.7 Å². The number of hydrogen-bond donors (Lipinski definition) is 2. The maximum Gasteiger partial charge on any atom is 0.329 e. The van der Waals surface area contributed by atoms with Crippen LogP contribution >= 0.6 is 0 Å². The molecule has 4 aliphatic rings. The molecule has 3 aliphatic heterocycles. The zero-order valence-electron chi connectivity index (χ0n) is 43.0. The van der Waals surface area contributed by atoms with Gasteiger partial charge in [0.1, 0.15) is 24.0 Å². The third-order valence-electron chi connectivity index (χ3n) is 15.3. The van der Waals surface area contributed by atoms with E-state index in [1.54, 1.807) is 28.1 Å². The molecule has 0 aromatic carbocycles. The first kappa shape index (κ1) is 57.2. The van der Waals surface area contributed by atoms with Crippen LogP contribution < -0.4 is 0 Å². The minimum Gasteiger partial charge on any atom is -0.460 e. The summed E-state index contributed by atoms with van der Waals surface area (Å²) in [6.45, 7) is 15.5. The van der Waals surface area contributed by atoms with Crippen molar-refractivity contribution in [3.63, 3.8) is 0 Å². The van der Waals surface area contributed by atoms with Crippen molar-refractivity contribution in [1.29, 1.82) is 0 Å². The zero-order chi connectivity index (χ0) is 50.3. The predicted molar refractivity (Wildman–Crippen MR) is 259 cm³/mol. The molecule has 1 saturated carbocycles. The third kappa shape index (κ3) is 15.3. The fourth-order valence-corrected chi connectivity index (χ4v) is 10.7. The molecule has 384 valence electrons. The largest absolute Gasteiger partial charge is 0.460 e. The zero-order valence-corrected chi connectivity index (χ0v) is 43.0. The van der Waals surface area contributed by atoms with Crippen molar-refractivity contribution in [1.82, 2.24) is 4.90 Å². The minimum atomic E-state index is -2.42. The normalized spacial score (nSPS) is 37.9. The molecule has 2 bridgehead atoms. The highest BCUT2D eigenvalue weighted by Crippen LogP contribution is 2.38. The maximum absolute atomic E-state index is 14.5. The summed E-state index contributed by atoms with van der Waals surface area (Å²) in [7, 11) is 4.78. The fraction of sp³-hybridized carbons (Fsp3) is 0.759. The summed E-state index contributed by atoms with van der Waals surface area (Å²) in [6.07, 6.45) is 14.8. The van der Waals surface area contributed by atoms with Gasteiger partial charge >= 0.3 is 5.97 Å². The second kappa shape index (κ2) is 27.3. The van der Waals surface area contributed by atoms with E-state index in [2.05, 4.69) is 13.0 Å². The molecular formula is C54H85NO13. The monoisotopic (exact) mass is 956 g/mol. The second-order valence-electron chi connectivity index (χ2n) is 20.5. The van der Waals surface area contributed by atoms with E-state index in [4.69, 9.17) is 28.4 Å². The number of amides is 1.